The molecule has 0 atom stereocenters. The van der Waals surface area contributed by atoms with Crippen molar-refractivity contribution in [1.29, 1.82) is 0 Å². The first-order chi connectivity index (χ1) is 9.01. The van der Waals surface area contributed by atoms with Gasteiger partial charge in [-0.25, -0.2) is 4.79 Å². The number of anilines is 2. The predicted molar refractivity (Wildman–Crippen MR) is 70.5 cm³/mol. The van der Waals surface area contributed by atoms with E-state index in [-0.39, 0.29) is 5.91 Å². The lowest BCUT2D eigenvalue weighted by Crippen LogP contribution is -2.09. The summed E-state index contributed by atoms with van der Waals surface area (Å²) >= 11 is 0. The van der Waals surface area contributed by atoms with Gasteiger partial charge in [0.15, 0.2) is 0 Å². The number of methoxy groups -OCH3 is 1. The van der Waals surface area contributed by atoms with Gasteiger partial charge in [0.1, 0.15) is 0 Å². The second-order valence-corrected chi connectivity index (χ2v) is 3.60. The SMILES string of the molecule is COC(=O)C=CC(=O)Nc1ccc(NC(C)=O)cc1. The van der Waals surface area contributed by atoms with Crippen LogP contribution in [0.1, 0.15) is 6.92 Å². The van der Waals surface area contributed by atoms with Gasteiger partial charge in [0.05, 0.1) is 7.11 Å². The molecule has 2 amide bonds. The van der Waals surface area contributed by atoms with Gasteiger partial charge < -0.3 is 15.4 Å². The van der Waals surface area contributed by atoms with Gasteiger partial charge in [-0.05, 0) is 24.3 Å². The largest absolute Gasteiger partial charge is 0.466 e. The summed E-state index contributed by atoms with van der Waals surface area (Å²) < 4.78 is 4.36. The standard InChI is InChI=1S/C13H14N2O4/c1-9(16)14-10-3-5-11(6-4-10)15-12(17)7-8-13(18)19-2/h3-8H,1-2H3,(H,14,16)(H,15,17). The van der Waals surface area contributed by atoms with E-state index in [1.165, 1.54) is 14.0 Å². The van der Waals surface area contributed by atoms with E-state index in [4.69, 9.17) is 0 Å². The minimum absolute atomic E-state index is 0.169. The minimum atomic E-state index is -0.601. The van der Waals surface area contributed by atoms with E-state index in [0.29, 0.717) is 11.4 Å². The number of amides is 2. The molecule has 0 aliphatic heterocycles. The van der Waals surface area contributed by atoms with Gasteiger partial charge in [-0.1, -0.05) is 0 Å². The summed E-state index contributed by atoms with van der Waals surface area (Å²) in [6.07, 6.45) is 2.11. The predicted octanol–water partition coefficient (Wildman–Crippen LogP) is 1.31. The summed E-state index contributed by atoms with van der Waals surface area (Å²) in [5.41, 5.74) is 1.18. The molecule has 0 radical (unpaired) electrons. The van der Waals surface area contributed by atoms with Crippen LogP contribution in [0.2, 0.25) is 0 Å². The molecule has 6 heteroatoms. The number of ether oxygens (including phenoxy) is 1. The lowest BCUT2D eigenvalue weighted by molar-refractivity contribution is -0.135. The Hall–Kier alpha value is -2.63. The molecule has 0 aliphatic carbocycles. The molecule has 1 rings (SSSR count). The van der Waals surface area contributed by atoms with Crippen LogP contribution in [-0.4, -0.2) is 24.9 Å². The highest BCUT2D eigenvalue weighted by atomic mass is 16.5. The van der Waals surface area contributed by atoms with Crippen molar-refractivity contribution in [1.82, 2.24) is 0 Å². The highest BCUT2D eigenvalue weighted by Crippen LogP contribution is 2.13. The van der Waals surface area contributed by atoms with Crippen LogP contribution in [0, 0.1) is 0 Å². The number of benzene rings is 1. The molecule has 6 nitrogen and oxygen atoms in total. The van der Waals surface area contributed by atoms with Crippen molar-refractivity contribution in [2.24, 2.45) is 0 Å². The number of esters is 1. The fourth-order valence-electron chi connectivity index (χ4n) is 1.24. The van der Waals surface area contributed by atoms with Crippen LogP contribution in [-0.2, 0) is 19.1 Å². The molecular formula is C13H14N2O4. The zero-order valence-electron chi connectivity index (χ0n) is 10.6. The van der Waals surface area contributed by atoms with Crippen LogP contribution < -0.4 is 10.6 Å². The van der Waals surface area contributed by atoms with Crippen LogP contribution in [0.25, 0.3) is 0 Å². The van der Waals surface area contributed by atoms with Crippen molar-refractivity contribution < 1.29 is 19.1 Å². The molecule has 0 unspecified atom stereocenters. The molecule has 0 aliphatic rings. The summed E-state index contributed by atoms with van der Waals surface area (Å²) in [6.45, 7) is 1.41. The summed E-state index contributed by atoms with van der Waals surface area (Å²) in [4.78, 5) is 33.0. The van der Waals surface area contributed by atoms with Crippen molar-refractivity contribution >= 4 is 29.2 Å². The van der Waals surface area contributed by atoms with E-state index in [9.17, 15) is 14.4 Å². The Morgan fingerprint density at radius 3 is 2.00 bits per heavy atom. The number of hydrogen-bond donors (Lipinski definition) is 2. The Bertz CT molecular complexity index is 506. The maximum atomic E-state index is 11.4. The van der Waals surface area contributed by atoms with Gasteiger partial charge >= 0.3 is 5.97 Å². The molecule has 0 bridgehead atoms. The van der Waals surface area contributed by atoms with E-state index in [2.05, 4.69) is 15.4 Å². The average Bonchev–Trinajstić information content (AvgIpc) is 2.37. The Kier molecular flexibility index (Phi) is 5.28. The first-order valence-corrected chi connectivity index (χ1v) is 5.46. The highest BCUT2D eigenvalue weighted by molar-refractivity contribution is 6.02. The van der Waals surface area contributed by atoms with E-state index < -0.39 is 11.9 Å². The quantitative estimate of drug-likeness (QED) is 0.633. The second-order valence-electron chi connectivity index (χ2n) is 3.60. The van der Waals surface area contributed by atoms with Crippen LogP contribution in [0.15, 0.2) is 36.4 Å². The topological polar surface area (TPSA) is 84.5 Å². The van der Waals surface area contributed by atoms with Crippen molar-refractivity contribution in [3.8, 4) is 0 Å². The Morgan fingerprint density at radius 2 is 1.53 bits per heavy atom. The molecule has 2 N–H and O–H groups in total. The minimum Gasteiger partial charge on any atom is -0.466 e. The van der Waals surface area contributed by atoms with Crippen LogP contribution in [0.5, 0.6) is 0 Å². The van der Waals surface area contributed by atoms with Gasteiger partial charge in [-0.2, -0.15) is 0 Å². The van der Waals surface area contributed by atoms with E-state index >= 15 is 0 Å². The molecule has 19 heavy (non-hydrogen) atoms. The molecule has 0 saturated heterocycles. The van der Waals surface area contributed by atoms with Gasteiger partial charge in [0, 0.05) is 30.5 Å². The number of nitrogens with one attached hydrogen (secondary N) is 2. The maximum absolute atomic E-state index is 11.4. The molecule has 0 heterocycles. The summed E-state index contributed by atoms with van der Waals surface area (Å²) in [5, 5.41) is 5.16. The smallest absolute Gasteiger partial charge is 0.330 e. The van der Waals surface area contributed by atoms with Crippen molar-refractivity contribution in [2.45, 2.75) is 6.92 Å². The highest BCUT2D eigenvalue weighted by Gasteiger charge is 2.00. The average molecular weight is 262 g/mol. The third-order valence-corrected chi connectivity index (χ3v) is 2.04. The molecule has 0 saturated carbocycles. The fourth-order valence-corrected chi connectivity index (χ4v) is 1.24. The molecule has 100 valence electrons. The summed E-state index contributed by atoms with van der Waals surface area (Å²) in [7, 11) is 1.23. The fraction of sp³-hybridized carbons (Fsp3) is 0.154. The first-order valence-electron chi connectivity index (χ1n) is 5.46. The van der Waals surface area contributed by atoms with E-state index in [0.717, 1.165) is 12.2 Å². The van der Waals surface area contributed by atoms with Gasteiger partial charge in [0.25, 0.3) is 0 Å². The molecule has 1 aromatic rings. The van der Waals surface area contributed by atoms with E-state index in [1.54, 1.807) is 24.3 Å². The monoisotopic (exact) mass is 262 g/mol. The van der Waals surface area contributed by atoms with Crippen LogP contribution >= 0.6 is 0 Å². The number of carbonyl (C=O) groups excluding carboxylic acids is 3. The number of carbonyl (C=O) groups is 3. The third kappa shape index (κ3) is 5.49. The normalized spacial score (nSPS) is 10.0. The van der Waals surface area contributed by atoms with Crippen LogP contribution in [0.3, 0.4) is 0 Å². The number of rotatable bonds is 4. The summed E-state index contributed by atoms with van der Waals surface area (Å²) in [6, 6.07) is 6.58. The van der Waals surface area contributed by atoms with Crippen LogP contribution in [0.4, 0.5) is 11.4 Å². The van der Waals surface area contributed by atoms with E-state index in [1.807, 2.05) is 0 Å². The second kappa shape index (κ2) is 6.95. The first kappa shape index (κ1) is 14.4. The zero-order valence-corrected chi connectivity index (χ0v) is 10.6. The third-order valence-electron chi connectivity index (χ3n) is 2.04. The Balaban J connectivity index is 2.58. The lowest BCUT2D eigenvalue weighted by atomic mass is 10.2. The van der Waals surface area contributed by atoms with Gasteiger partial charge in [0.2, 0.25) is 11.8 Å². The summed E-state index contributed by atoms with van der Waals surface area (Å²) in [5.74, 6) is -1.22. The molecule has 0 spiro atoms. The molecular weight excluding hydrogens is 248 g/mol. The number of hydrogen-bond acceptors (Lipinski definition) is 4. The van der Waals surface area contributed by atoms with Gasteiger partial charge in [-0.3, -0.25) is 9.59 Å². The Labute approximate surface area is 110 Å². The van der Waals surface area contributed by atoms with Crippen molar-refractivity contribution in [3.63, 3.8) is 0 Å². The molecule has 0 fully saturated rings. The molecule has 0 aromatic heterocycles. The molecule has 1 aromatic carbocycles. The zero-order chi connectivity index (χ0) is 14.3. The maximum Gasteiger partial charge on any atom is 0.330 e. The Morgan fingerprint density at radius 1 is 1.00 bits per heavy atom. The van der Waals surface area contributed by atoms with Gasteiger partial charge in [-0.15, -0.1) is 0 Å². The van der Waals surface area contributed by atoms with Crippen molar-refractivity contribution in [2.75, 3.05) is 17.7 Å². The van der Waals surface area contributed by atoms with Crippen molar-refractivity contribution in [3.05, 3.63) is 36.4 Å². The lowest BCUT2D eigenvalue weighted by Gasteiger charge is -2.04.